The SMILES string of the molecule is CNCC1CCCN(S(=O)(=O)c2c(C)cccc2[N+](=O)[O-])C1. The minimum absolute atomic E-state index is 0.176. The Morgan fingerprint density at radius 3 is 2.82 bits per heavy atom. The number of nitro benzene ring substituents is 1. The summed E-state index contributed by atoms with van der Waals surface area (Å²) in [4.78, 5) is 10.4. The maximum Gasteiger partial charge on any atom is 0.289 e. The molecule has 1 atom stereocenters. The molecule has 0 aliphatic carbocycles. The van der Waals surface area contributed by atoms with E-state index in [1.807, 2.05) is 7.05 Å². The van der Waals surface area contributed by atoms with Crippen LogP contribution in [0.2, 0.25) is 0 Å². The van der Waals surface area contributed by atoms with Crippen molar-refractivity contribution in [2.75, 3.05) is 26.7 Å². The second-order valence-electron chi connectivity index (χ2n) is 5.61. The highest BCUT2D eigenvalue weighted by atomic mass is 32.2. The van der Waals surface area contributed by atoms with Crippen LogP contribution in [-0.4, -0.2) is 44.3 Å². The molecular weight excluding hydrogens is 306 g/mol. The van der Waals surface area contributed by atoms with E-state index in [0.29, 0.717) is 18.7 Å². The smallest absolute Gasteiger partial charge is 0.289 e. The molecule has 122 valence electrons. The molecule has 0 radical (unpaired) electrons. The molecule has 1 unspecified atom stereocenters. The van der Waals surface area contributed by atoms with Gasteiger partial charge in [0, 0.05) is 19.2 Å². The van der Waals surface area contributed by atoms with Gasteiger partial charge in [-0.05, 0) is 44.8 Å². The van der Waals surface area contributed by atoms with Crippen molar-refractivity contribution in [3.05, 3.63) is 33.9 Å². The quantitative estimate of drug-likeness (QED) is 0.654. The molecule has 1 saturated heterocycles. The Balaban J connectivity index is 2.41. The third-order valence-electron chi connectivity index (χ3n) is 3.96. The summed E-state index contributed by atoms with van der Waals surface area (Å²) >= 11 is 0. The number of aryl methyl sites for hydroxylation is 1. The first kappa shape index (κ1) is 16.9. The molecule has 1 aliphatic heterocycles. The summed E-state index contributed by atoms with van der Waals surface area (Å²) in [6.45, 7) is 3.14. The van der Waals surface area contributed by atoms with Gasteiger partial charge in [-0.3, -0.25) is 10.1 Å². The largest absolute Gasteiger partial charge is 0.319 e. The highest BCUT2D eigenvalue weighted by molar-refractivity contribution is 7.89. The highest BCUT2D eigenvalue weighted by Gasteiger charge is 2.35. The zero-order chi connectivity index (χ0) is 16.3. The van der Waals surface area contributed by atoms with Gasteiger partial charge in [0.2, 0.25) is 10.0 Å². The van der Waals surface area contributed by atoms with Gasteiger partial charge in [0.1, 0.15) is 0 Å². The van der Waals surface area contributed by atoms with Gasteiger partial charge in [0.15, 0.2) is 4.90 Å². The molecule has 1 aliphatic rings. The van der Waals surface area contributed by atoms with Crippen molar-refractivity contribution < 1.29 is 13.3 Å². The van der Waals surface area contributed by atoms with E-state index in [-0.39, 0.29) is 16.5 Å². The molecule has 1 heterocycles. The number of hydrogen-bond acceptors (Lipinski definition) is 5. The van der Waals surface area contributed by atoms with Crippen molar-refractivity contribution in [2.24, 2.45) is 5.92 Å². The molecular formula is C14H21N3O4S. The zero-order valence-corrected chi connectivity index (χ0v) is 13.6. The lowest BCUT2D eigenvalue weighted by atomic mass is 10.00. The molecule has 0 amide bonds. The van der Waals surface area contributed by atoms with Crippen LogP contribution in [-0.2, 0) is 10.0 Å². The summed E-state index contributed by atoms with van der Waals surface area (Å²) < 4.78 is 27.2. The second-order valence-corrected chi connectivity index (χ2v) is 7.48. The number of nitrogens with zero attached hydrogens (tertiary/aromatic N) is 2. The van der Waals surface area contributed by atoms with E-state index < -0.39 is 14.9 Å². The lowest BCUT2D eigenvalue weighted by Crippen LogP contribution is -2.42. The van der Waals surface area contributed by atoms with Gasteiger partial charge in [-0.25, -0.2) is 8.42 Å². The van der Waals surface area contributed by atoms with Crippen molar-refractivity contribution in [1.82, 2.24) is 9.62 Å². The fourth-order valence-electron chi connectivity index (χ4n) is 2.95. The fourth-order valence-corrected chi connectivity index (χ4v) is 4.86. The summed E-state index contributed by atoms with van der Waals surface area (Å²) in [7, 11) is -2.02. The van der Waals surface area contributed by atoms with Crippen LogP contribution >= 0.6 is 0 Å². The number of hydrogen-bond donors (Lipinski definition) is 1. The van der Waals surface area contributed by atoms with Crippen LogP contribution in [0.3, 0.4) is 0 Å². The fraction of sp³-hybridized carbons (Fsp3) is 0.571. The van der Waals surface area contributed by atoms with Crippen molar-refractivity contribution >= 4 is 15.7 Å². The maximum absolute atomic E-state index is 12.9. The number of benzene rings is 1. The van der Waals surface area contributed by atoms with Crippen molar-refractivity contribution in [3.8, 4) is 0 Å². The standard InChI is InChI=1S/C14H21N3O4S/c1-11-5-3-7-13(17(18)19)14(11)22(20,21)16-8-4-6-12(10-16)9-15-2/h3,5,7,12,15H,4,6,8-10H2,1-2H3. The van der Waals surface area contributed by atoms with E-state index >= 15 is 0 Å². The van der Waals surface area contributed by atoms with Gasteiger partial charge in [-0.2, -0.15) is 4.31 Å². The van der Waals surface area contributed by atoms with Gasteiger partial charge in [-0.1, -0.05) is 12.1 Å². The predicted octanol–water partition coefficient (Wildman–Crippen LogP) is 1.52. The molecule has 1 aromatic carbocycles. The van der Waals surface area contributed by atoms with Crippen LogP contribution < -0.4 is 5.32 Å². The van der Waals surface area contributed by atoms with Crippen LogP contribution in [0.15, 0.2) is 23.1 Å². The van der Waals surface area contributed by atoms with E-state index in [1.165, 1.54) is 16.4 Å². The minimum Gasteiger partial charge on any atom is -0.319 e. The Kier molecular flexibility index (Phi) is 5.15. The molecule has 7 nitrogen and oxygen atoms in total. The molecule has 8 heteroatoms. The van der Waals surface area contributed by atoms with Gasteiger partial charge >= 0.3 is 0 Å². The van der Waals surface area contributed by atoms with Crippen LogP contribution in [0.1, 0.15) is 18.4 Å². The minimum atomic E-state index is -3.86. The normalized spacial score (nSPS) is 20.0. The molecule has 0 spiro atoms. The number of nitrogens with one attached hydrogen (secondary N) is 1. The average molecular weight is 327 g/mol. The van der Waals surface area contributed by atoms with E-state index in [2.05, 4.69) is 5.32 Å². The van der Waals surface area contributed by atoms with Crippen molar-refractivity contribution in [3.63, 3.8) is 0 Å². The Bertz CT molecular complexity index is 658. The van der Waals surface area contributed by atoms with E-state index in [0.717, 1.165) is 19.4 Å². The topological polar surface area (TPSA) is 92.6 Å². The average Bonchev–Trinajstić information content (AvgIpc) is 2.47. The molecule has 0 aromatic heterocycles. The number of piperidine rings is 1. The van der Waals surface area contributed by atoms with E-state index in [1.54, 1.807) is 13.0 Å². The predicted molar refractivity (Wildman–Crippen MR) is 83.2 cm³/mol. The summed E-state index contributed by atoms with van der Waals surface area (Å²) in [6, 6.07) is 4.34. The molecule has 22 heavy (non-hydrogen) atoms. The Morgan fingerprint density at radius 1 is 1.45 bits per heavy atom. The molecule has 1 aromatic rings. The van der Waals surface area contributed by atoms with Gasteiger partial charge in [0.05, 0.1) is 4.92 Å². The Hall–Kier alpha value is -1.51. The summed E-state index contributed by atoms with van der Waals surface area (Å²) in [5.41, 5.74) is 0.0562. The van der Waals surface area contributed by atoms with E-state index in [9.17, 15) is 18.5 Å². The Labute approximate surface area is 130 Å². The zero-order valence-electron chi connectivity index (χ0n) is 12.8. The van der Waals surface area contributed by atoms with Crippen LogP contribution in [0.5, 0.6) is 0 Å². The third kappa shape index (κ3) is 3.29. The number of sulfonamides is 1. The van der Waals surface area contributed by atoms with Crippen LogP contribution in [0.25, 0.3) is 0 Å². The Morgan fingerprint density at radius 2 is 2.18 bits per heavy atom. The second kappa shape index (κ2) is 6.72. The molecule has 1 fully saturated rings. The van der Waals surface area contributed by atoms with E-state index in [4.69, 9.17) is 0 Å². The van der Waals surface area contributed by atoms with Crippen molar-refractivity contribution in [2.45, 2.75) is 24.7 Å². The maximum atomic E-state index is 12.9. The molecule has 0 bridgehead atoms. The van der Waals surface area contributed by atoms with Crippen molar-refractivity contribution in [1.29, 1.82) is 0 Å². The monoisotopic (exact) mass is 327 g/mol. The highest BCUT2D eigenvalue weighted by Crippen LogP contribution is 2.31. The van der Waals surface area contributed by atoms with Gasteiger partial charge < -0.3 is 5.32 Å². The first-order valence-corrected chi connectivity index (χ1v) is 8.70. The molecule has 0 saturated carbocycles. The molecule has 2 rings (SSSR count). The van der Waals surface area contributed by atoms with Gasteiger partial charge in [0.25, 0.3) is 5.69 Å². The number of nitro groups is 1. The summed E-state index contributed by atoms with van der Waals surface area (Å²) in [5.74, 6) is 0.233. The summed E-state index contributed by atoms with van der Waals surface area (Å²) in [6.07, 6.45) is 1.73. The first-order valence-electron chi connectivity index (χ1n) is 7.26. The lowest BCUT2D eigenvalue weighted by molar-refractivity contribution is -0.387. The summed E-state index contributed by atoms with van der Waals surface area (Å²) in [5, 5.41) is 14.2. The van der Waals surface area contributed by atoms with Crippen LogP contribution in [0.4, 0.5) is 5.69 Å². The lowest BCUT2D eigenvalue weighted by Gasteiger charge is -2.32. The van der Waals surface area contributed by atoms with Gasteiger partial charge in [-0.15, -0.1) is 0 Å². The molecule has 1 N–H and O–H groups in total. The van der Waals surface area contributed by atoms with Crippen LogP contribution in [0, 0.1) is 23.0 Å². The first-order chi connectivity index (χ1) is 10.4. The number of rotatable bonds is 5. The third-order valence-corrected chi connectivity index (χ3v) is 6.02.